The van der Waals surface area contributed by atoms with Crippen molar-refractivity contribution < 1.29 is 13.3 Å². The Kier molecular flexibility index (Phi) is 8.02. The van der Waals surface area contributed by atoms with E-state index < -0.39 is 8.80 Å². The largest absolute Gasteiger partial charge is 0.537 e. The van der Waals surface area contributed by atoms with Crippen LogP contribution in [0.15, 0.2) is 30.3 Å². The van der Waals surface area contributed by atoms with Crippen LogP contribution in [-0.4, -0.2) is 28.6 Å². The van der Waals surface area contributed by atoms with Crippen LogP contribution in [0.5, 0.6) is 0 Å². The van der Waals surface area contributed by atoms with Gasteiger partial charge in [0.25, 0.3) is 0 Å². The molecule has 1 aromatic rings. The summed E-state index contributed by atoms with van der Waals surface area (Å²) in [5, 5.41) is 1.03. The first-order valence-electron chi connectivity index (χ1n) is 5.76. The smallest absolute Gasteiger partial charge is 0.370 e. The summed E-state index contributed by atoms with van der Waals surface area (Å²) in [5.41, 5.74) is 0. The summed E-state index contributed by atoms with van der Waals surface area (Å²) in [6, 6.07) is 9.95. The Hall–Kier alpha value is -0.723. The highest BCUT2D eigenvalue weighted by atomic mass is 28.4. The molecule has 0 bridgehead atoms. The molecular formula is C12H23NO3Si. The molecule has 0 aliphatic carbocycles. The maximum absolute atomic E-state index is 5.79. The first-order valence-corrected chi connectivity index (χ1v) is 7.49. The van der Waals surface area contributed by atoms with Crippen LogP contribution in [-0.2, 0) is 13.3 Å². The summed E-state index contributed by atoms with van der Waals surface area (Å²) in [6.45, 7) is 7.68. The zero-order valence-electron chi connectivity index (χ0n) is 10.9. The number of benzene rings is 1. The fourth-order valence-electron chi connectivity index (χ4n) is 1.59. The molecule has 4 nitrogen and oxygen atoms in total. The van der Waals surface area contributed by atoms with Gasteiger partial charge in [-0.1, -0.05) is 30.3 Å². The predicted molar refractivity (Wildman–Crippen MR) is 71.7 cm³/mol. The Morgan fingerprint density at radius 1 is 0.824 bits per heavy atom. The lowest BCUT2D eigenvalue weighted by atomic mass is 10.4. The van der Waals surface area contributed by atoms with Crippen LogP contribution >= 0.6 is 0 Å². The zero-order chi connectivity index (χ0) is 11.9. The Morgan fingerprint density at radius 3 is 1.59 bits per heavy atom. The van der Waals surface area contributed by atoms with Gasteiger partial charge in [-0.15, -0.1) is 0 Å². The molecule has 0 aromatic heterocycles. The molecular weight excluding hydrogens is 234 g/mol. The second-order valence-corrected chi connectivity index (χ2v) is 5.78. The molecule has 0 spiro atoms. The molecule has 0 radical (unpaired) electrons. The van der Waals surface area contributed by atoms with Crippen molar-refractivity contribution in [2.75, 3.05) is 19.8 Å². The SMILES string of the molecule is CCO[Si](OCC)(OCC)c1ccccc1.N. The third-order valence-corrected chi connectivity index (χ3v) is 5.18. The van der Waals surface area contributed by atoms with Crippen LogP contribution in [0.4, 0.5) is 0 Å². The maximum atomic E-state index is 5.79. The average Bonchev–Trinajstić information content (AvgIpc) is 2.31. The van der Waals surface area contributed by atoms with Crippen LogP contribution < -0.4 is 11.3 Å². The summed E-state index contributed by atoms with van der Waals surface area (Å²) < 4.78 is 17.4. The number of hydrogen-bond acceptors (Lipinski definition) is 4. The van der Waals surface area contributed by atoms with E-state index in [-0.39, 0.29) is 6.15 Å². The third kappa shape index (κ3) is 4.21. The minimum absolute atomic E-state index is 0. The van der Waals surface area contributed by atoms with Gasteiger partial charge >= 0.3 is 8.80 Å². The van der Waals surface area contributed by atoms with Crippen molar-refractivity contribution in [1.29, 1.82) is 0 Å². The van der Waals surface area contributed by atoms with Gasteiger partial charge in [-0.05, 0) is 20.8 Å². The van der Waals surface area contributed by atoms with Gasteiger partial charge in [0.2, 0.25) is 0 Å². The molecule has 0 atom stereocenters. The molecule has 1 aromatic carbocycles. The molecule has 0 aliphatic rings. The number of rotatable bonds is 7. The molecule has 0 fully saturated rings. The van der Waals surface area contributed by atoms with E-state index in [1.807, 2.05) is 51.1 Å². The van der Waals surface area contributed by atoms with Gasteiger partial charge in [0.15, 0.2) is 0 Å². The van der Waals surface area contributed by atoms with Gasteiger partial charge in [-0.25, -0.2) is 0 Å². The lowest BCUT2D eigenvalue weighted by Gasteiger charge is -2.28. The molecule has 5 heteroatoms. The van der Waals surface area contributed by atoms with E-state index in [1.165, 1.54) is 0 Å². The van der Waals surface area contributed by atoms with Crippen molar-refractivity contribution in [2.24, 2.45) is 0 Å². The minimum atomic E-state index is -2.67. The standard InChI is InChI=1S/C12H20O3Si.H3N/c1-4-13-16(14-5-2,15-6-3)12-10-8-7-9-11-12;/h7-11H,4-6H2,1-3H3;1H3. The van der Waals surface area contributed by atoms with E-state index in [0.29, 0.717) is 19.8 Å². The van der Waals surface area contributed by atoms with Gasteiger partial charge in [0, 0.05) is 25.0 Å². The van der Waals surface area contributed by atoms with Crippen LogP contribution in [0.1, 0.15) is 20.8 Å². The van der Waals surface area contributed by atoms with Crippen LogP contribution in [0.25, 0.3) is 0 Å². The molecule has 17 heavy (non-hydrogen) atoms. The highest BCUT2D eigenvalue weighted by Gasteiger charge is 2.42. The topological polar surface area (TPSA) is 62.7 Å². The first-order chi connectivity index (χ1) is 7.79. The Balaban J connectivity index is 0.00000256. The molecule has 1 rings (SSSR count). The molecule has 0 saturated heterocycles. The second-order valence-electron chi connectivity index (χ2n) is 3.22. The third-order valence-electron chi connectivity index (χ3n) is 2.13. The molecule has 0 saturated carbocycles. The van der Waals surface area contributed by atoms with E-state index in [4.69, 9.17) is 13.3 Å². The Morgan fingerprint density at radius 2 is 1.24 bits per heavy atom. The van der Waals surface area contributed by atoms with E-state index >= 15 is 0 Å². The summed E-state index contributed by atoms with van der Waals surface area (Å²) >= 11 is 0. The number of hydrogen-bond donors (Lipinski definition) is 1. The Labute approximate surface area is 105 Å². The lowest BCUT2D eigenvalue weighted by Crippen LogP contribution is -2.56. The van der Waals surface area contributed by atoms with Crippen molar-refractivity contribution in [1.82, 2.24) is 6.15 Å². The Bertz CT molecular complexity index is 278. The predicted octanol–water partition coefficient (Wildman–Crippen LogP) is 2.10. The molecule has 0 amide bonds. The van der Waals surface area contributed by atoms with Gasteiger partial charge in [-0.3, -0.25) is 0 Å². The first kappa shape index (κ1) is 16.3. The summed E-state index contributed by atoms with van der Waals surface area (Å²) in [6.07, 6.45) is 0. The lowest BCUT2D eigenvalue weighted by molar-refractivity contribution is 0.0859. The summed E-state index contributed by atoms with van der Waals surface area (Å²) in [5.74, 6) is 0. The normalized spacial score (nSPS) is 11.0. The highest BCUT2D eigenvalue weighted by molar-refractivity contribution is 6.75. The van der Waals surface area contributed by atoms with Gasteiger partial charge in [0.1, 0.15) is 0 Å². The van der Waals surface area contributed by atoms with E-state index in [2.05, 4.69) is 0 Å². The molecule has 3 N–H and O–H groups in total. The maximum Gasteiger partial charge on any atom is 0.537 e. The highest BCUT2D eigenvalue weighted by Crippen LogP contribution is 2.10. The monoisotopic (exact) mass is 257 g/mol. The second kappa shape index (κ2) is 8.38. The van der Waals surface area contributed by atoms with Crippen LogP contribution in [0.2, 0.25) is 0 Å². The fourth-order valence-corrected chi connectivity index (χ4v) is 4.08. The summed E-state index contributed by atoms with van der Waals surface area (Å²) in [4.78, 5) is 0. The van der Waals surface area contributed by atoms with Gasteiger partial charge in [0.05, 0.1) is 0 Å². The van der Waals surface area contributed by atoms with Crippen molar-refractivity contribution >= 4 is 14.0 Å². The molecule has 0 heterocycles. The zero-order valence-corrected chi connectivity index (χ0v) is 11.9. The molecule has 98 valence electrons. The van der Waals surface area contributed by atoms with Crippen molar-refractivity contribution in [3.8, 4) is 0 Å². The molecule has 0 unspecified atom stereocenters. The van der Waals surface area contributed by atoms with E-state index in [1.54, 1.807) is 0 Å². The van der Waals surface area contributed by atoms with Gasteiger partial charge in [-0.2, -0.15) is 0 Å². The molecule has 0 aliphatic heterocycles. The average molecular weight is 257 g/mol. The van der Waals surface area contributed by atoms with Crippen LogP contribution in [0.3, 0.4) is 0 Å². The van der Waals surface area contributed by atoms with Crippen molar-refractivity contribution in [3.63, 3.8) is 0 Å². The van der Waals surface area contributed by atoms with E-state index in [9.17, 15) is 0 Å². The van der Waals surface area contributed by atoms with Crippen molar-refractivity contribution in [2.45, 2.75) is 20.8 Å². The minimum Gasteiger partial charge on any atom is -0.370 e. The fraction of sp³-hybridized carbons (Fsp3) is 0.500. The summed E-state index contributed by atoms with van der Waals surface area (Å²) in [7, 11) is -2.67. The van der Waals surface area contributed by atoms with Gasteiger partial charge < -0.3 is 19.4 Å². The van der Waals surface area contributed by atoms with Crippen molar-refractivity contribution in [3.05, 3.63) is 30.3 Å². The van der Waals surface area contributed by atoms with Crippen LogP contribution in [0, 0.1) is 0 Å². The van der Waals surface area contributed by atoms with E-state index in [0.717, 1.165) is 5.19 Å². The quantitative estimate of drug-likeness (QED) is 0.760.